The van der Waals surface area contributed by atoms with Crippen LogP contribution in [-0.2, 0) is 7.05 Å². The number of rotatable bonds is 4. The predicted molar refractivity (Wildman–Crippen MR) is 117 cm³/mol. The Morgan fingerprint density at radius 1 is 1.25 bits per heavy atom. The van der Waals surface area contributed by atoms with Gasteiger partial charge in [0.1, 0.15) is 11.8 Å². The van der Waals surface area contributed by atoms with Gasteiger partial charge in [-0.2, -0.15) is 15.3 Å². The summed E-state index contributed by atoms with van der Waals surface area (Å²) in [7, 11) is 1.76. The van der Waals surface area contributed by atoms with Crippen molar-refractivity contribution in [2.24, 2.45) is 24.8 Å². The Bertz CT molecular complexity index is 1450. The normalized spacial score (nSPS) is 24.4. The highest BCUT2D eigenvalue weighted by Crippen LogP contribution is 2.55. The van der Waals surface area contributed by atoms with Gasteiger partial charge >= 0.3 is 5.69 Å². The second-order valence-corrected chi connectivity index (χ2v) is 9.09. The summed E-state index contributed by atoms with van der Waals surface area (Å²) < 4.78 is 5.16. The van der Waals surface area contributed by atoms with Crippen molar-refractivity contribution in [3.05, 3.63) is 40.8 Å². The average molecular weight is 429 g/mol. The number of nitriles is 1. The van der Waals surface area contributed by atoms with E-state index in [4.69, 9.17) is 4.98 Å². The van der Waals surface area contributed by atoms with E-state index in [-0.39, 0.29) is 11.7 Å². The van der Waals surface area contributed by atoms with Crippen LogP contribution < -0.4 is 11.0 Å². The fourth-order valence-corrected chi connectivity index (χ4v) is 5.49. The van der Waals surface area contributed by atoms with Gasteiger partial charge in [0.05, 0.1) is 24.2 Å². The standard InChI is InChI=1S/C22H23N9O/c1-12-5-19-25-11-26-30(19)10-16(12)27-21-24-9-18-20(28-21)31(22(32)29(18)2)17-8-13(3-4-23)14-6-15(17)7-14/h5,9-11,13-15,17H,3,6-8H2,1-2H3,(H,24,27,28)/t13?,14?,15?,17-/m1/s1. The fraction of sp³-hybridized carbons (Fsp3) is 0.455. The highest BCUT2D eigenvalue weighted by molar-refractivity contribution is 5.73. The number of anilines is 2. The molecule has 1 N–H and O–H groups in total. The third-order valence-electron chi connectivity index (χ3n) is 7.35. The second-order valence-electron chi connectivity index (χ2n) is 9.09. The van der Waals surface area contributed by atoms with E-state index < -0.39 is 0 Å². The zero-order chi connectivity index (χ0) is 22.0. The number of pyridine rings is 1. The molecule has 4 aromatic heterocycles. The van der Waals surface area contributed by atoms with Gasteiger partial charge in [0.25, 0.3) is 0 Å². The molecule has 3 aliphatic rings. The highest BCUT2D eigenvalue weighted by atomic mass is 16.1. The van der Waals surface area contributed by atoms with Gasteiger partial charge in [0.2, 0.25) is 5.95 Å². The van der Waals surface area contributed by atoms with E-state index in [0.29, 0.717) is 41.3 Å². The molecule has 162 valence electrons. The second kappa shape index (κ2) is 6.88. The predicted octanol–water partition coefficient (Wildman–Crippen LogP) is 2.73. The van der Waals surface area contributed by atoms with Gasteiger partial charge in [0, 0.05) is 19.5 Å². The first-order valence-electron chi connectivity index (χ1n) is 10.9. The van der Waals surface area contributed by atoms with Crippen LogP contribution in [0.25, 0.3) is 16.8 Å². The van der Waals surface area contributed by atoms with Gasteiger partial charge in [-0.25, -0.2) is 19.3 Å². The molecule has 7 rings (SSSR count). The molecule has 3 aliphatic carbocycles. The maximum atomic E-state index is 13.2. The van der Waals surface area contributed by atoms with Gasteiger partial charge < -0.3 is 5.32 Å². The summed E-state index contributed by atoms with van der Waals surface area (Å²) >= 11 is 0. The smallest absolute Gasteiger partial charge is 0.323 e. The van der Waals surface area contributed by atoms with E-state index in [2.05, 4.69) is 26.5 Å². The Kier molecular flexibility index (Phi) is 4.08. The third kappa shape index (κ3) is 2.74. The van der Waals surface area contributed by atoms with Crippen LogP contribution in [0.5, 0.6) is 0 Å². The number of hydrogen-bond acceptors (Lipinski definition) is 7. The molecular weight excluding hydrogens is 406 g/mol. The Labute approximate surface area is 183 Å². The molecule has 0 saturated heterocycles. The van der Waals surface area contributed by atoms with Crippen molar-refractivity contribution in [2.45, 2.75) is 38.6 Å². The number of aryl methyl sites for hydroxylation is 2. The molecule has 10 nitrogen and oxygen atoms in total. The molecule has 4 heterocycles. The topological polar surface area (TPSA) is 119 Å². The molecule has 10 heteroatoms. The fourth-order valence-electron chi connectivity index (χ4n) is 5.49. The monoisotopic (exact) mass is 429 g/mol. The first kappa shape index (κ1) is 19.0. The molecule has 0 radical (unpaired) electrons. The summed E-state index contributed by atoms with van der Waals surface area (Å²) in [5, 5.41) is 16.7. The lowest BCUT2D eigenvalue weighted by atomic mass is 9.57. The van der Waals surface area contributed by atoms with Crippen molar-refractivity contribution in [1.29, 1.82) is 5.26 Å². The van der Waals surface area contributed by atoms with E-state index >= 15 is 0 Å². The van der Waals surface area contributed by atoms with Crippen LogP contribution >= 0.6 is 0 Å². The maximum Gasteiger partial charge on any atom is 0.330 e. The zero-order valence-electron chi connectivity index (χ0n) is 17.9. The molecule has 2 bridgehead atoms. The molecule has 1 unspecified atom stereocenters. The van der Waals surface area contributed by atoms with Crippen molar-refractivity contribution in [3.63, 3.8) is 0 Å². The van der Waals surface area contributed by atoms with Gasteiger partial charge in [-0.05, 0) is 55.6 Å². The van der Waals surface area contributed by atoms with Crippen LogP contribution in [-0.4, -0.2) is 33.7 Å². The van der Waals surface area contributed by atoms with Crippen molar-refractivity contribution in [2.75, 3.05) is 5.32 Å². The van der Waals surface area contributed by atoms with Crippen LogP contribution in [0.15, 0.2) is 29.6 Å². The molecule has 3 saturated carbocycles. The van der Waals surface area contributed by atoms with Gasteiger partial charge in [-0.3, -0.25) is 9.13 Å². The summed E-state index contributed by atoms with van der Waals surface area (Å²) in [4.78, 5) is 26.6. The SMILES string of the molecule is Cc1cc2ncnn2cc1Nc1ncc2c(n1)n([C@@H]1CC(CC#N)C3CC1C3)c(=O)n2C. The Morgan fingerprint density at radius 3 is 2.91 bits per heavy atom. The van der Waals surface area contributed by atoms with E-state index in [0.717, 1.165) is 36.2 Å². The number of nitrogens with zero attached hydrogens (tertiary/aromatic N) is 8. The van der Waals surface area contributed by atoms with Crippen molar-refractivity contribution in [1.82, 2.24) is 33.7 Å². The summed E-state index contributed by atoms with van der Waals surface area (Å²) in [5.74, 6) is 1.88. The molecule has 32 heavy (non-hydrogen) atoms. The molecule has 4 aromatic rings. The van der Waals surface area contributed by atoms with Crippen molar-refractivity contribution in [3.8, 4) is 6.07 Å². The van der Waals surface area contributed by atoms with Crippen LogP contribution in [0.1, 0.15) is 37.3 Å². The maximum absolute atomic E-state index is 13.2. The first-order valence-corrected chi connectivity index (χ1v) is 10.9. The van der Waals surface area contributed by atoms with Crippen LogP contribution in [0, 0.1) is 36.0 Å². The van der Waals surface area contributed by atoms with E-state index in [1.54, 1.807) is 22.3 Å². The minimum Gasteiger partial charge on any atom is -0.323 e. The van der Waals surface area contributed by atoms with Gasteiger partial charge in [-0.15, -0.1) is 0 Å². The van der Waals surface area contributed by atoms with Crippen LogP contribution in [0.4, 0.5) is 11.6 Å². The Balaban J connectivity index is 1.41. The van der Waals surface area contributed by atoms with Crippen molar-refractivity contribution < 1.29 is 0 Å². The van der Waals surface area contributed by atoms with Gasteiger partial charge in [-0.1, -0.05) is 0 Å². The molecule has 3 fully saturated rings. The number of nitrogens with one attached hydrogen (secondary N) is 1. The summed E-state index contributed by atoms with van der Waals surface area (Å²) in [6.07, 6.45) is 8.66. The quantitative estimate of drug-likeness (QED) is 0.530. The molecule has 0 amide bonds. The Morgan fingerprint density at radius 2 is 2.09 bits per heavy atom. The molecule has 2 atom stereocenters. The third-order valence-corrected chi connectivity index (χ3v) is 7.35. The number of aromatic nitrogens is 7. The minimum absolute atomic E-state index is 0.0716. The average Bonchev–Trinajstić information content (AvgIpc) is 3.29. The van der Waals surface area contributed by atoms with Gasteiger partial charge in [0.15, 0.2) is 11.3 Å². The van der Waals surface area contributed by atoms with Crippen LogP contribution in [0.3, 0.4) is 0 Å². The largest absolute Gasteiger partial charge is 0.330 e. The van der Waals surface area contributed by atoms with E-state index in [1.165, 1.54) is 6.33 Å². The molecule has 0 aliphatic heterocycles. The number of hydrogen-bond donors (Lipinski definition) is 1. The highest BCUT2D eigenvalue weighted by Gasteiger charge is 2.47. The number of fused-ring (bicyclic) bond motifs is 4. The Hall–Kier alpha value is -3.74. The minimum atomic E-state index is -0.0716. The molecular formula is C22H23N9O. The summed E-state index contributed by atoms with van der Waals surface area (Å²) in [5.41, 5.74) is 3.86. The van der Waals surface area contributed by atoms with Crippen molar-refractivity contribution >= 4 is 28.4 Å². The van der Waals surface area contributed by atoms with E-state index in [9.17, 15) is 10.1 Å². The summed E-state index contributed by atoms with van der Waals surface area (Å²) in [6, 6.07) is 4.35. The lowest BCUT2D eigenvalue weighted by molar-refractivity contribution is 0.00287. The first-order chi connectivity index (χ1) is 15.5. The van der Waals surface area contributed by atoms with Crippen LogP contribution in [0.2, 0.25) is 0 Å². The summed E-state index contributed by atoms with van der Waals surface area (Å²) in [6.45, 7) is 1.98. The molecule has 0 spiro atoms. The lowest BCUT2D eigenvalue weighted by Gasteiger charge is -2.51. The van der Waals surface area contributed by atoms with E-state index in [1.807, 2.05) is 23.8 Å². The zero-order valence-corrected chi connectivity index (χ0v) is 17.9. The molecule has 0 aromatic carbocycles. The number of imidazole rings is 1. The lowest BCUT2D eigenvalue weighted by Crippen LogP contribution is -2.45.